The summed E-state index contributed by atoms with van der Waals surface area (Å²) in [6, 6.07) is 4.96. The van der Waals surface area contributed by atoms with Gasteiger partial charge in [0.15, 0.2) is 9.84 Å². The zero-order valence-electron chi connectivity index (χ0n) is 11.1. The van der Waals surface area contributed by atoms with Crippen molar-refractivity contribution in [3.8, 4) is 0 Å². The molecule has 0 aliphatic carbocycles. The molecule has 20 heavy (non-hydrogen) atoms. The Morgan fingerprint density at radius 2 is 1.65 bits per heavy atom. The Balaban J connectivity index is 3.18. The summed E-state index contributed by atoms with van der Waals surface area (Å²) in [7, 11) is -7.15. The van der Waals surface area contributed by atoms with Gasteiger partial charge in [0.25, 0.3) is 0 Å². The van der Waals surface area contributed by atoms with Crippen LogP contribution < -0.4 is 0 Å². The van der Waals surface area contributed by atoms with Crippen LogP contribution in [0.1, 0.15) is 0 Å². The van der Waals surface area contributed by atoms with Gasteiger partial charge >= 0.3 is 0 Å². The normalized spacial score (nSPS) is 12.6. The van der Waals surface area contributed by atoms with Crippen molar-refractivity contribution in [1.29, 1.82) is 0 Å². The zero-order valence-corrected chi connectivity index (χ0v) is 12.7. The first-order valence-corrected chi connectivity index (χ1v) is 9.08. The van der Waals surface area contributed by atoms with E-state index in [0.29, 0.717) is 0 Å². The summed E-state index contributed by atoms with van der Waals surface area (Å²) in [4.78, 5) is 0.0223. The predicted molar refractivity (Wildman–Crippen MR) is 75.6 cm³/mol. The quantitative estimate of drug-likeness (QED) is 0.728. The molecule has 0 fully saturated rings. The lowest BCUT2D eigenvalue weighted by Gasteiger charge is -2.19. The van der Waals surface area contributed by atoms with Crippen molar-refractivity contribution in [2.45, 2.75) is 9.79 Å². The minimum atomic E-state index is -3.78. The Morgan fingerprint density at radius 1 is 1.15 bits per heavy atom. The van der Waals surface area contributed by atoms with Crippen molar-refractivity contribution in [2.24, 2.45) is 0 Å². The van der Waals surface area contributed by atoms with Gasteiger partial charge in [0, 0.05) is 19.3 Å². The molecule has 0 spiro atoms. The topological polar surface area (TPSA) is 91.8 Å². The summed E-state index contributed by atoms with van der Waals surface area (Å²) < 4.78 is 48.3. The molecule has 1 N–H and O–H groups in total. The second kappa shape index (κ2) is 6.49. The molecule has 6 nitrogen and oxygen atoms in total. The first-order valence-electron chi connectivity index (χ1n) is 5.75. The van der Waals surface area contributed by atoms with E-state index in [4.69, 9.17) is 5.11 Å². The number of rotatable bonds is 7. The minimum Gasteiger partial charge on any atom is -0.395 e. The molecule has 0 radical (unpaired) electrons. The fourth-order valence-electron chi connectivity index (χ4n) is 1.57. The number of aliphatic hydroxyl groups is 1. The molecule has 0 aliphatic heterocycles. The summed E-state index contributed by atoms with van der Waals surface area (Å²) >= 11 is 0. The van der Waals surface area contributed by atoms with Gasteiger partial charge in [0.1, 0.15) is 0 Å². The monoisotopic (exact) mass is 319 g/mol. The molecule has 1 aromatic carbocycles. The van der Waals surface area contributed by atoms with Crippen LogP contribution in [0.3, 0.4) is 0 Å². The summed E-state index contributed by atoms with van der Waals surface area (Å²) in [5.41, 5.74) is 0. The smallest absolute Gasteiger partial charge is 0.243 e. The standard InChI is InChI=1S/C12H17NO5S2/c1-3-8-13(9-10-14)20(17,18)12-6-4-11(5-7-12)19(2,15)16/h3-7,14H,1,8-10H2,2H3. The Labute approximate surface area is 119 Å². The van der Waals surface area contributed by atoms with Crippen LogP contribution in [0.4, 0.5) is 0 Å². The van der Waals surface area contributed by atoms with Crippen molar-refractivity contribution < 1.29 is 21.9 Å². The van der Waals surface area contributed by atoms with E-state index >= 15 is 0 Å². The SMILES string of the molecule is C=CCN(CCO)S(=O)(=O)c1ccc(S(C)(=O)=O)cc1. The van der Waals surface area contributed by atoms with E-state index in [1.807, 2.05) is 0 Å². The molecule has 0 aromatic heterocycles. The van der Waals surface area contributed by atoms with Gasteiger partial charge in [-0.3, -0.25) is 0 Å². The first-order chi connectivity index (χ1) is 9.23. The van der Waals surface area contributed by atoms with Crippen molar-refractivity contribution in [1.82, 2.24) is 4.31 Å². The van der Waals surface area contributed by atoms with Crippen molar-refractivity contribution >= 4 is 19.9 Å². The fraction of sp³-hybridized carbons (Fsp3) is 0.333. The first kappa shape index (κ1) is 16.8. The van der Waals surface area contributed by atoms with Crippen LogP contribution in [0.25, 0.3) is 0 Å². The summed E-state index contributed by atoms with van der Waals surface area (Å²) in [6.45, 7) is 3.17. The van der Waals surface area contributed by atoms with Gasteiger partial charge in [-0.05, 0) is 24.3 Å². The van der Waals surface area contributed by atoms with Crippen molar-refractivity contribution in [2.75, 3.05) is 26.0 Å². The second-order valence-corrected chi connectivity index (χ2v) is 8.07. The Morgan fingerprint density at radius 3 is 2.05 bits per heavy atom. The Hall–Kier alpha value is -1.22. The molecule has 112 valence electrons. The van der Waals surface area contributed by atoms with Gasteiger partial charge in [0.2, 0.25) is 10.0 Å². The third-order valence-electron chi connectivity index (χ3n) is 2.57. The van der Waals surface area contributed by atoms with Crippen molar-refractivity contribution in [3.63, 3.8) is 0 Å². The predicted octanol–water partition coefficient (Wildman–Crippen LogP) is 0.259. The molecule has 0 saturated carbocycles. The van der Waals surface area contributed by atoms with E-state index in [2.05, 4.69) is 6.58 Å². The van der Waals surface area contributed by atoms with Crippen LogP contribution in [0.5, 0.6) is 0 Å². The molecule has 0 bridgehead atoms. The van der Waals surface area contributed by atoms with E-state index in [9.17, 15) is 16.8 Å². The number of nitrogens with zero attached hydrogens (tertiary/aromatic N) is 1. The molecule has 1 rings (SSSR count). The van der Waals surface area contributed by atoms with Gasteiger partial charge < -0.3 is 5.11 Å². The van der Waals surface area contributed by atoms with Gasteiger partial charge in [-0.2, -0.15) is 4.31 Å². The van der Waals surface area contributed by atoms with Crippen molar-refractivity contribution in [3.05, 3.63) is 36.9 Å². The van der Waals surface area contributed by atoms with E-state index in [0.717, 1.165) is 10.6 Å². The van der Waals surface area contributed by atoms with Crippen LogP contribution in [0.15, 0.2) is 46.7 Å². The Bertz CT molecular complexity index is 662. The molecular weight excluding hydrogens is 302 g/mol. The Kier molecular flexibility index (Phi) is 5.46. The number of sulfonamides is 1. The van der Waals surface area contributed by atoms with E-state index < -0.39 is 19.9 Å². The molecule has 0 heterocycles. The molecule has 0 atom stereocenters. The lowest BCUT2D eigenvalue weighted by Crippen LogP contribution is -2.33. The minimum absolute atomic E-state index is 0.0276. The van der Waals surface area contributed by atoms with E-state index in [-0.39, 0.29) is 29.5 Å². The van der Waals surface area contributed by atoms with Gasteiger partial charge in [-0.15, -0.1) is 6.58 Å². The van der Waals surface area contributed by atoms with Gasteiger partial charge in [-0.25, -0.2) is 16.8 Å². The van der Waals surface area contributed by atoms with Gasteiger partial charge in [-0.1, -0.05) is 6.08 Å². The average molecular weight is 319 g/mol. The number of aliphatic hydroxyl groups excluding tert-OH is 1. The molecule has 0 saturated heterocycles. The maximum absolute atomic E-state index is 12.3. The zero-order chi connectivity index (χ0) is 15.4. The molecule has 0 unspecified atom stereocenters. The molecule has 8 heteroatoms. The number of hydrogen-bond donors (Lipinski definition) is 1. The van der Waals surface area contributed by atoms with Crippen LogP contribution in [0, 0.1) is 0 Å². The van der Waals surface area contributed by atoms with Crippen LogP contribution in [-0.4, -0.2) is 52.2 Å². The fourth-order valence-corrected chi connectivity index (χ4v) is 3.61. The van der Waals surface area contributed by atoms with Gasteiger partial charge in [0.05, 0.1) is 16.4 Å². The highest BCUT2D eigenvalue weighted by atomic mass is 32.2. The molecule has 1 aromatic rings. The van der Waals surface area contributed by atoms with Crippen LogP contribution in [0.2, 0.25) is 0 Å². The largest absolute Gasteiger partial charge is 0.395 e. The maximum Gasteiger partial charge on any atom is 0.243 e. The maximum atomic E-state index is 12.3. The summed E-state index contributed by atoms with van der Waals surface area (Å²) in [6.07, 6.45) is 2.46. The van der Waals surface area contributed by atoms with E-state index in [1.54, 1.807) is 0 Å². The number of hydrogen-bond acceptors (Lipinski definition) is 5. The molecular formula is C12H17NO5S2. The third-order valence-corrected chi connectivity index (χ3v) is 5.58. The third kappa shape index (κ3) is 3.89. The lowest BCUT2D eigenvalue weighted by molar-refractivity contribution is 0.260. The highest BCUT2D eigenvalue weighted by molar-refractivity contribution is 7.90. The number of sulfone groups is 1. The summed E-state index contributed by atoms with van der Waals surface area (Å²) in [5.74, 6) is 0. The lowest BCUT2D eigenvalue weighted by atomic mass is 10.4. The highest BCUT2D eigenvalue weighted by Crippen LogP contribution is 2.18. The van der Waals surface area contributed by atoms with Crippen LogP contribution in [-0.2, 0) is 19.9 Å². The number of benzene rings is 1. The molecule has 0 amide bonds. The average Bonchev–Trinajstić information content (AvgIpc) is 2.37. The highest BCUT2D eigenvalue weighted by Gasteiger charge is 2.23. The summed E-state index contributed by atoms with van der Waals surface area (Å²) in [5, 5.41) is 8.90. The van der Waals surface area contributed by atoms with Crippen LogP contribution >= 0.6 is 0 Å². The van der Waals surface area contributed by atoms with E-state index in [1.165, 1.54) is 30.3 Å². The second-order valence-electron chi connectivity index (χ2n) is 4.12. The molecule has 0 aliphatic rings.